The van der Waals surface area contributed by atoms with Crippen molar-refractivity contribution in [3.63, 3.8) is 0 Å². The van der Waals surface area contributed by atoms with Crippen LogP contribution in [-0.4, -0.2) is 30.0 Å². The molecule has 7 heteroatoms. The Kier molecular flexibility index (Phi) is 4.85. The van der Waals surface area contributed by atoms with Crippen molar-refractivity contribution in [1.82, 2.24) is 5.32 Å². The lowest BCUT2D eigenvalue weighted by Crippen LogP contribution is -2.56. The van der Waals surface area contributed by atoms with Crippen LogP contribution in [0.15, 0.2) is 24.3 Å². The Morgan fingerprint density at radius 3 is 2.14 bits per heavy atom. The molecule has 7 nitrogen and oxygen atoms in total. The van der Waals surface area contributed by atoms with Gasteiger partial charge in [0.05, 0.1) is 12.0 Å². The Morgan fingerprint density at radius 2 is 1.68 bits per heavy atom. The van der Waals surface area contributed by atoms with Crippen molar-refractivity contribution < 1.29 is 19.2 Å². The highest BCUT2D eigenvalue weighted by Gasteiger charge is 2.55. The number of nitro benzene ring substituents is 1. The average Bonchev–Trinajstić information content (AvgIpc) is 2.66. The maximum absolute atomic E-state index is 13.3. The van der Waals surface area contributed by atoms with Gasteiger partial charge in [-0.3, -0.25) is 14.9 Å². The molecule has 0 spiro atoms. The SMILES string of the molecule is COC(=O)[C@@H](Cc1ccc([N+](=O)[O-])cc1)NC(=O)C12CC3CC(CC(C3)C1)C2. The monoisotopic (exact) mass is 386 g/mol. The number of amides is 1. The summed E-state index contributed by atoms with van der Waals surface area (Å²) in [7, 11) is 1.31. The van der Waals surface area contributed by atoms with Gasteiger partial charge in [0.25, 0.3) is 5.69 Å². The maximum Gasteiger partial charge on any atom is 0.328 e. The first-order valence-electron chi connectivity index (χ1n) is 10.0. The Hall–Kier alpha value is -2.44. The minimum absolute atomic E-state index is 0.00373. The fourth-order valence-corrected chi connectivity index (χ4v) is 6.03. The highest BCUT2D eigenvalue weighted by atomic mass is 16.6. The van der Waals surface area contributed by atoms with Gasteiger partial charge in [-0.25, -0.2) is 4.79 Å². The number of nitro groups is 1. The second-order valence-electron chi connectivity index (χ2n) is 8.87. The molecular weight excluding hydrogens is 360 g/mol. The number of rotatable bonds is 6. The molecule has 4 aliphatic rings. The fraction of sp³-hybridized carbons (Fsp3) is 0.619. The molecule has 1 atom stereocenters. The standard InChI is InChI=1S/C21H26N2O5/c1-28-19(24)18(9-13-2-4-17(5-3-13)23(26)27)22-20(25)21-10-14-6-15(11-21)8-16(7-14)12-21/h2-5,14-16,18H,6-12H2,1H3,(H,22,25)/t14?,15?,16?,18-,21?/m1/s1. The quantitative estimate of drug-likeness (QED) is 0.460. The lowest BCUT2D eigenvalue weighted by Gasteiger charge is -2.55. The summed E-state index contributed by atoms with van der Waals surface area (Å²) in [5.74, 6) is 1.41. The molecular formula is C21H26N2O5. The van der Waals surface area contributed by atoms with Crippen LogP contribution in [0.4, 0.5) is 5.69 Å². The van der Waals surface area contributed by atoms with E-state index in [2.05, 4.69) is 5.32 Å². The Morgan fingerprint density at radius 1 is 1.14 bits per heavy atom. The van der Waals surface area contributed by atoms with Crippen LogP contribution < -0.4 is 5.32 Å². The third-order valence-corrected chi connectivity index (χ3v) is 6.90. The Balaban J connectivity index is 1.48. The number of nitrogens with one attached hydrogen (secondary N) is 1. The van der Waals surface area contributed by atoms with Crippen LogP contribution in [0.3, 0.4) is 0 Å². The van der Waals surface area contributed by atoms with E-state index in [9.17, 15) is 19.7 Å². The first kappa shape index (κ1) is 18.9. The van der Waals surface area contributed by atoms with E-state index in [1.54, 1.807) is 12.1 Å². The van der Waals surface area contributed by atoms with E-state index >= 15 is 0 Å². The summed E-state index contributed by atoms with van der Waals surface area (Å²) in [4.78, 5) is 35.9. The highest BCUT2D eigenvalue weighted by molar-refractivity contribution is 5.88. The van der Waals surface area contributed by atoms with Crippen LogP contribution in [0.5, 0.6) is 0 Å². The average molecular weight is 386 g/mol. The lowest BCUT2D eigenvalue weighted by atomic mass is 9.49. The Bertz CT molecular complexity index is 753. The van der Waals surface area contributed by atoms with Crippen molar-refractivity contribution in [2.24, 2.45) is 23.2 Å². The molecule has 1 aromatic rings. The van der Waals surface area contributed by atoms with Gasteiger partial charge in [-0.1, -0.05) is 12.1 Å². The smallest absolute Gasteiger partial charge is 0.328 e. The zero-order valence-electron chi connectivity index (χ0n) is 16.1. The van der Waals surface area contributed by atoms with Crippen LogP contribution in [-0.2, 0) is 20.7 Å². The lowest BCUT2D eigenvalue weighted by molar-refractivity contribution is -0.384. The number of benzene rings is 1. The molecule has 0 aromatic heterocycles. The zero-order valence-corrected chi connectivity index (χ0v) is 16.1. The van der Waals surface area contributed by atoms with Gasteiger partial charge in [-0.05, 0) is 61.8 Å². The van der Waals surface area contributed by atoms with Gasteiger partial charge < -0.3 is 10.1 Å². The summed E-state index contributed by atoms with van der Waals surface area (Å²) in [5, 5.41) is 13.8. The van der Waals surface area contributed by atoms with Crippen molar-refractivity contribution >= 4 is 17.6 Å². The number of hydrogen-bond acceptors (Lipinski definition) is 5. The summed E-state index contributed by atoms with van der Waals surface area (Å²) in [6.07, 6.45) is 6.77. The van der Waals surface area contributed by atoms with Gasteiger partial charge >= 0.3 is 5.97 Å². The summed E-state index contributed by atoms with van der Waals surface area (Å²) in [6.45, 7) is 0. The molecule has 28 heavy (non-hydrogen) atoms. The van der Waals surface area contributed by atoms with E-state index in [-0.39, 0.29) is 23.4 Å². The molecule has 0 radical (unpaired) electrons. The minimum Gasteiger partial charge on any atom is -0.467 e. The summed E-state index contributed by atoms with van der Waals surface area (Å²) in [5.41, 5.74) is 0.402. The fourth-order valence-electron chi connectivity index (χ4n) is 6.03. The molecule has 1 amide bonds. The first-order valence-corrected chi connectivity index (χ1v) is 10.0. The van der Waals surface area contributed by atoms with Crippen molar-refractivity contribution in [3.8, 4) is 0 Å². The van der Waals surface area contributed by atoms with Crippen LogP contribution in [0.25, 0.3) is 0 Å². The number of non-ortho nitro benzene ring substituents is 1. The minimum atomic E-state index is -0.785. The molecule has 5 rings (SSSR count). The van der Waals surface area contributed by atoms with Gasteiger partial charge in [0.1, 0.15) is 6.04 Å². The summed E-state index contributed by atoms with van der Waals surface area (Å²) < 4.78 is 4.90. The van der Waals surface area contributed by atoms with Gasteiger partial charge in [-0.15, -0.1) is 0 Å². The number of hydrogen-bond donors (Lipinski definition) is 1. The normalized spacial score (nSPS) is 31.2. The van der Waals surface area contributed by atoms with Crippen molar-refractivity contribution in [1.29, 1.82) is 0 Å². The predicted octanol–water partition coefficient (Wildman–Crippen LogP) is 3.01. The molecule has 4 bridgehead atoms. The molecule has 1 N–H and O–H groups in total. The molecule has 4 saturated carbocycles. The third kappa shape index (κ3) is 3.50. The molecule has 0 aliphatic heterocycles. The molecule has 1 aromatic carbocycles. The largest absolute Gasteiger partial charge is 0.467 e. The van der Waals surface area contributed by atoms with E-state index in [4.69, 9.17) is 4.74 Å². The molecule has 4 aliphatic carbocycles. The van der Waals surface area contributed by atoms with Gasteiger partial charge in [0.15, 0.2) is 0 Å². The van der Waals surface area contributed by atoms with Crippen LogP contribution in [0.1, 0.15) is 44.1 Å². The maximum atomic E-state index is 13.3. The number of ether oxygens (including phenoxy) is 1. The van der Waals surface area contributed by atoms with Gasteiger partial charge in [0, 0.05) is 24.0 Å². The van der Waals surface area contributed by atoms with E-state index in [0.29, 0.717) is 17.8 Å². The van der Waals surface area contributed by atoms with Crippen molar-refractivity contribution in [2.75, 3.05) is 7.11 Å². The number of esters is 1. The van der Waals surface area contributed by atoms with E-state index in [0.717, 1.165) is 24.8 Å². The van der Waals surface area contributed by atoms with Crippen LogP contribution in [0.2, 0.25) is 0 Å². The second-order valence-corrected chi connectivity index (χ2v) is 8.87. The van der Waals surface area contributed by atoms with E-state index in [1.165, 1.54) is 38.5 Å². The number of nitrogens with zero attached hydrogens (tertiary/aromatic N) is 1. The summed E-state index contributed by atoms with van der Waals surface area (Å²) in [6, 6.07) is 5.26. The first-order chi connectivity index (χ1) is 13.4. The predicted molar refractivity (Wildman–Crippen MR) is 101 cm³/mol. The van der Waals surface area contributed by atoms with Crippen LogP contribution >= 0.6 is 0 Å². The third-order valence-electron chi connectivity index (χ3n) is 6.90. The molecule has 4 fully saturated rings. The molecule has 150 valence electrons. The molecule has 0 saturated heterocycles. The molecule has 0 heterocycles. The topological polar surface area (TPSA) is 98.5 Å². The van der Waals surface area contributed by atoms with Crippen LogP contribution in [0, 0.1) is 33.3 Å². The van der Waals surface area contributed by atoms with Gasteiger partial charge in [0.2, 0.25) is 5.91 Å². The van der Waals surface area contributed by atoms with E-state index in [1.807, 2.05) is 0 Å². The second kappa shape index (κ2) is 7.18. The summed E-state index contributed by atoms with van der Waals surface area (Å²) >= 11 is 0. The number of carbonyl (C=O) groups is 2. The zero-order chi connectivity index (χ0) is 19.9. The van der Waals surface area contributed by atoms with E-state index < -0.39 is 16.9 Å². The van der Waals surface area contributed by atoms with Gasteiger partial charge in [-0.2, -0.15) is 0 Å². The molecule has 0 unspecified atom stereocenters. The van der Waals surface area contributed by atoms with Crippen molar-refractivity contribution in [2.45, 2.75) is 51.0 Å². The Labute approximate surface area is 164 Å². The highest BCUT2D eigenvalue weighted by Crippen LogP contribution is 2.60. The number of methoxy groups -OCH3 is 1. The van der Waals surface area contributed by atoms with Crippen molar-refractivity contribution in [3.05, 3.63) is 39.9 Å². The number of carbonyl (C=O) groups excluding carboxylic acids is 2.